The maximum Gasteiger partial charge on any atom is 0.246 e. The van der Waals surface area contributed by atoms with Crippen molar-refractivity contribution < 1.29 is 14.3 Å². The monoisotopic (exact) mass is 290 g/mol. The van der Waals surface area contributed by atoms with Crippen molar-refractivity contribution in [2.75, 3.05) is 11.9 Å². The molecule has 0 spiro atoms. The summed E-state index contributed by atoms with van der Waals surface area (Å²) < 4.78 is 11.3. The number of ether oxygens (including phenoxy) is 2. The smallest absolute Gasteiger partial charge is 0.246 e. The molecule has 2 atom stereocenters. The summed E-state index contributed by atoms with van der Waals surface area (Å²) in [6.07, 6.45) is 1.76. The van der Waals surface area contributed by atoms with E-state index in [-0.39, 0.29) is 11.8 Å². The number of carbonyl (C=O) groups is 1. The topological polar surface area (TPSA) is 59.6 Å². The number of rotatable bonds is 2. The normalized spacial score (nSPS) is 26.4. The van der Waals surface area contributed by atoms with Gasteiger partial charge < -0.3 is 20.1 Å². The van der Waals surface area contributed by atoms with Crippen LogP contribution in [0.1, 0.15) is 33.6 Å². The van der Waals surface area contributed by atoms with Crippen molar-refractivity contribution in [2.24, 2.45) is 5.92 Å². The molecule has 0 bridgehead atoms. The van der Waals surface area contributed by atoms with Gasteiger partial charge in [0.2, 0.25) is 11.7 Å². The van der Waals surface area contributed by atoms with Crippen LogP contribution in [0.25, 0.3) is 0 Å². The van der Waals surface area contributed by atoms with Gasteiger partial charge in [0.15, 0.2) is 11.5 Å². The molecule has 1 fully saturated rings. The summed E-state index contributed by atoms with van der Waals surface area (Å²) in [5.74, 6) is 0.907. The third kappa shape index (κ3) is 3.13. The van der Waals surface area contributed by atoms with Crippen LogP contribution >= 0.6 is 0 Å². The molecule has 2 N–H and O–H groups in total. The first-order chi connectivity index (χ1) is 9.93. The SMILES string of the molecule is CC1CC(C(=O)Nc2ccc3c(c2)OC(C)(C)O3)CCN1. The summed E-state index contributed by atoms with van der Waals surface area (Å²) in [6, 6.07) is 5.91. The lowest BCUT2D eigenvalue weighted by Gasteiger charge is -2.27. The molecule has 1 amide bonds. The Hall–Kier alpha value is -1.75. The van der Waals surface area contributed by atoms with E-state index >= 15 is 0 Å². The number of piperidine rings is 1. The van der Waals surface area contributed by atoms with Gasteiger partial charge in [-0.05, 0) is 38.4 Å². The van der Waals surface area contributed by atoms with Gasteiger partial charge in [-0.2, -0.15) is 0 Å². The maximum absolute atomic E-state index is 12.3. The van der Waals surface area contributed by atoms with Crippen LogP contribution in [0.5, 0.6) is 11.5 Å². The number of nitrogens with one attached hydrogen (secondary N) is 2. The van der Waals surface area contributed by atoms with Crippen molar-refractivity contribution in [1.29, 1.82) is 0 Å². The fraction of sp³-hybridized carbons (Fsp3) is 0.562. The first-order valence-electron chi connectivity index (χ1n) is 7.49. The van der Waals surface area contributed by atoms with Crippen molar-refractivity contribution in [1.82, 2.24) is 5.32 Å². The highest BCUT2D eigenvalue weighted by Crippen LogP contribution is 2.40. The second-order valence-electron chi connectivity index (χ2n) is 6.33. The number of carbonyl (C=O) groups excluding carboxylic acids is 1. The number of anilines is 1. The molecular weight excluding hydrogens is 268 g/mol. The standard InChI is InChI=1S/C16H22N2O3/c1-10-8-11(6-7-17-10)15(19)18-12-4-5-13-14(9-12)21-16(2,3)20-13/h4-5,9-11,17H,6-8H2,1-3H3,(H,18,19). The van der Waals surface area contributed by atoms with Crippen LogP contribution in [0.4, 0.5) is 5.69 Å². The van der Waals surface area contributed by atoms with E-state index < -0.39 is 5.79 Å². The summed E-state index contributed by atoms with van der Waals surface area (Å²) in [4.78, 5) is 12.3. The van der Waals surface area contributed by atoms with E-state index in [1.807, 2.05) is 32.0 Å². The van der Waals surface area contributed by atoms with Crippen LogP contribution < -0.4 is 20.1 Å². The molecule has 2 aliphatic heterocycles. The van der Waals surface area contributed by atoms with E-state index in [2.05, 4.69) is 17.6 Å². The Kier molecular flexibility index (Phi) is 3.53. The van der Waals surface area contributed by atoms with E-state index in [9.17, 15) is 4.79 Å². The van der Waals surface area contributed by atoms with Crippen LogP contribution in [-0.4, -0.2) is 24.3 Å². The third-order valence-electron chi connectivity index (χ3n) is 3.92. The quantitative estimate of drug-likeness (QED) is 0.878. The molecular formula is C16H22N2O3. The van der Waals surface area contributed by atoms with Crippen LogP contribution in [0, 0.1) is 5.92 Å². The summed E-state index contributed by atoms with van der Waals surface area (Å²) in [6.45, 7) is 6.74. The van der Waals surface area contributed by atoms with Gasteiger partial charge in [0.1, 0.15) is 0 Å². The molecule has 0 aliphatic carbocycles. The molecule has 0 aromatic heterocycles. The lowest BCUT2D eigenvalue weighted by atomic mass is 9.92. The number of amides is 1. The van der Waals surface area contributed by atoms with Crippen molar-refractivity contribution in [3.63, 3.8) is 0 Å². The number of fused-ring (bicyclic) bond motifs is 1. The Balaban J connectivity index is 1.67. The molecule has 114 valence electrons. The van der Waals surface area contributed by atoms with E-state index in [1.165, 1.54) is 0 Å². The zero-order valence-electron chi connectivity index (χ0n) is 12.7. The minimum Gasteiger partial charge on any atom is -0.449 e. The highest BCUT2D eigenvalue weighted by atomic mass is 16.7. The number of hydrogen-bond acceptors (Lipinski definition) is 4. The molecule has 2 aliphatic rings. The summed E-state index contributed by atoms with van der Waals surface area (Å²) in [7, 11) is 0. The molecule has 1 aromatic rings. The summed E-state index contributed by atoms with van der Waals surface area (Å²) in [5, 5.41) is 6.34. The van der Waals surface area contributed by atoms with Gasteiger partial charge in [0.05, 0.1) is 0 Å². The van der Waals surface area contributed by atoms with Crippen molar-refractivity contribution in [2.45, 2.75) is 45.4 Å². The molecule has 2 unspecified atom stereocenters. The fourth-order valence-electron chi connectivity index (χ4n) is 2.91. The van der Waals surface area contributed by atoms with Crippen LogP contribution in [0.3, 0.4) is 0 Å². The van der Waals surface area contributed by atoms with Gasteiger partial charge >= 0.3 is 0 Å². The minimum absolute atomic E-state index is 0.0723. The second kappa shape index (κ2) is 5.22. The first-order valence-corrected chi connectivity index (χ1v) is 7.49. The Labute approximate surface area is 125 Å². The molecule has 3 rings (SSSR count). The van der Waals surface area contributed by atoms with E-state index in [1.54, 1.807) is 0 Å². The lowest BCUT2D eigenvalue weighted by molar-refractivity contribution is -0.120. The zero-order valence-corrected chi connectivity index (χ0v) is 12.7. The van der Waals surface area contributed by atoms with E-state index in [0.29, 0.717) is 17.5 Å². The maximum atomic E-state index is 12.3. The lowest BCUT2D eigenvalue weighted by Crippen LogP contribution is -2.40. The van der Waals surface area contributed by atoms with Gasteiger partial charge in [-0.1, -0.05) is 0 Å². The molecule has 0 saturated carbocycles. The minimum atomic E-state index is -0.643. The van der Waals surface area contributed by atoms with Crippen molar-refractivity contribution in [3.05, 3.63) is 18.2 Å². The number of hydrogen-bond donors (Lipinski definition) is 2. The molecule has 1 saturated heterocycles. The van der Waals surface area contributed by atoms with Gasteiger partial charge in [-0.15, -0.1) is 0 Å². The first kappa shape index (κ1) is 14.2. The molecule has 2 heterocycles. The third-order valence-corrected chi connectivity index (χ3v) is 3.92. The number of benzene rings is 1. The predicted octanol–water partition coefficient (Wildman–Crippen LogP) is 2.52. The molecule has 1 aromatic carbocycles. The average molecular weight is 290 g/mol. The predicted molar refractivity (Wildman–Crippen MR) is 80.6 cm³/mol. The van der Waals surface area contributed by atoms with Crippen molar-refractivity contribution >= 4 is 11.6 Å². The Morgan fingerprint density at radius 2 is 2.10 bits per heavy atom. The summed E-state index contributed by atoms with van der Waals surface area (Å²) in [5.41, 5.74) is 0.756. The largest absolute Gasteiger partial charge is 0.449 e. The Bertz CT molecular complexity index is 556. The van der Waals surface area contributed by atoms with Crippen LogP contribution in [0.15, 0.2) is 18.2 Å². The van der Waals surface area contributed by atoms with Crippen LogP contribution in [-0.2, 0) is 4.79 Å². The van der Waals surface area contributed by atoms with Gasteiger partial charge in [-0.25, -0.2) is 0 Å². The zero-order chi connectivity index (χ0) is 15.0. The molecule has 0 radical (unpaired) electrons. The van der Waals surface area contributed by atoms with Gasteiger partial charge in [-0.3, -0.25) is 4.79 Å². The average Bonchev–Trinajstić information content (AvgIpc) is 2.72. The Morgan fingerprint density at radius 3 is 2.86 bits per heavy atom. The van der Waals surface area contributed by atoms with E-state index in [0.717, 1.165) is 25.1 Å². The van der Waals surface area contributed by atoms with E-state index in [4.69, 9.17) is 9.47 Å². The molecule has 5 heteroatoms. The van der Waals surface area contributed by atoms with Gasteiger partial charge in [0, 0.05) is 37.6 Å². The van der Waals surface area contributed by atoms with Crippen LogP contribution in [0.2, 0.25) is 0 Å². The Morgan fingerprint density at radius 1 is 1.33 bits per heavy atom. The molecule has 5 nitrogen and oxygen atoms in total. The van der Waals surface area contributed by atoms with Gasteiger partial charge in [0.25, 0.3) is 0 Å². The van der Waals surface area contributed by atoms with Crippen molar-refractivity contribution in [3.8, 4) is 11.5 Å². The highest BCUT2D eigenvalue weighted by molar-refractivity contribution is 5.93. The second-order valence-corrected chi connectivity index (χ2v) is 6.33. The summed E-state index contributed by atoms with van der Waals surface area (Å²) >= 11 is 0. The fourth-order valence-corrected chi connectivity index (χ4v) is 2.91. The highest BCUT2D eigenvalue weighted by Gasteiger charge is 2.32. The molecule has 21 heavy (non-hydrogen) atoms.